The molecule has 9 nitrogen and oxygen atoms in total. The van der Waals surface area contributed by atoms with E-state index in [4.69, 9.17) is 21.1 Å². The van der Waals surface area contributed by atoms with Gasteiger partial charge in [-0.05, 0) is 56.3 Å². The number of nitriles is 1. The Morgan fingerprint density at radius 2 is 2.03 bits per heavy atom. The summed E-state index contributed by atoms with van der Waals surface area (Å²) in [5.41, 5.74) is -0.978. The van der Waals surface area contributed by atoms with Gasteiger partial charge in [-0.15, -0.1) is 0 Å². The van der Waals surface area contributed by atoms with Crippen molar-refractivity contribution in [1.82, 2.24) is 5.32 Å². The highest BCUT2D eigenvalue weighted by Gasteiger charge is 2.44. The van der Waals surface area contributed by atoms with Crippen molar-refractivity contribution in [3.05, 3.63) is 53.1 Å². The van der Waals surface area contributed by atoms with E-state index < -0.39 is 33.0 Å². The fourth-order valence-electron chi connectivity index (χ4n) is 3.82. The molecule has 0 radical (unpaired) electrons. The van der Waals surface area contributed by atoms with Crippen LogP contribution in [-0.2, 0) is 14.6 Å². The zero-order valence-electron chi connectivity index (χ0n) is 19.1. The number of anilines is 1. The highest BCUT2D eigenvalue weighted by molar-refractivity contribution is 8.01. The number of nitrogens with zero attached hydrogens (tertiary/aromatic N) is 2. The van der Waals surface area contributed by atoms with Gasteiger partial charge in [0.1, 0.15) is 23.5 Å². The van der Waals surface area contributed by atoms with E-state index in [0.29, 0.717) is 34.4 Å². The average molecular weight is 537 g/mol. The van der Waals surface area contributed by atoms with Crippen LogP contribution in [0.5, 0.6) is 5.75 Å². The summed E-state index contributed by atoms with van der Waals surface area (Å²) < 4.78 is 37.9. The molecule has 0 bridgehead atoms. The van der Waals surface area contributed by atoms with E-state index in [0.717, 1.165) is 5.75 Å². The number of thioether (sulfide) groups is 1. The Morgan fingerprint density at radius 3 is 2.69 bits per heavy atom. The molecule has 0 aliphatic carbocycles. The van der Waals surface area contributed by atoms with Crippen LogP contribution in [0.3, 0.4) is 0 Å². The van der Waals surface area contributed by atoms with Crippen LogP contribution in [0, 0.1) is 11.5 Å². The van der Waals surface area contributed by atoms with Crippen molar-refractivity contribution in [3.63, 3.8) is 0 Å². The summed E-state index contributed by atoms with van der Waals surface area (Å²) in [5, 5.41) is 26.4. The molecular formula is C23H25ClN4O5S2. The van der Waals surface area contributed by atoms with E-state index in [1.807, 2.05) is 6.19 Å². The minimum absolute atomic E-state index is 0.0555. The number of benzene rings is 2. The number of guanidine groups is 1. The van der Waals surface area contributed by atoms with E-state index in [9.17, 15) is 18.8 Å². The van der Waals surface area contributed by atoms with Gasteiger partial charge in [0.15, 0.2) is 11.6 Å². The third kappa shape index (κ3) is 5.52. The molecule has 2 aliphatic heterocycles. The number of fused-ring (bicyclic) bond motifs is 1. The standard InChI is InChI=1S/C23H25ClN4O5S2/c1-23(2)21(29)20(28-22(26-13-25)27-15-5-3-14(24)4-6-15)17-11-16(7-8-18(17)33-23)35(30,31)19-12-34-10-9-32-19/h3-8,11,19-21,29H,9-10,12H2,1-2H3,(H2,26,27,28)/t19?,20-,21+/m1/s1. The normalized spacial score (nSPS) is 24.0. The maximum atomic E-state index is 13.2. The Kier molecular flexibility index (Phi) is 7.49. The summed E-state index contributed by atoms with van der Waals surface area (Å²) >= 11 is 7.47. The first kappa shape index (κ1) is 25.6. The molecular weight excluding hydrogens is 512 g/mol. The second-order valence-corrected chi connectivity index (χ2v) is 12.2. The lowest BCUT2D eigenvalue weighted by molar-refractivity contribution is -0.0568. The fraction of sp³-hybridized carbons (Fsp3) is 0.391. The molecule has 2 heterocycles. The van der Waals surface area contributed by atoms with Crippen molar-refractivity contribution < 1.29 is 23.0 Å². The van der Waals surface area contributed by atoms with Crippen molar-refractivity contribution in [3.8, 4) is 11.9 Å². The predicted molar refractivity (Wildman–Crippen MR) is 135 cm³/mol. The number of aliphatic hydroxyl groups is 1. The smallest absolute Gasteiger partial charge is 0.209 e. The second-order valence-electron chi connectivity index (χ2n) is 8.56. The molecule has 2 aliphatic rings. The first-order valence-corrected chi connectivity index (χ1v) is 13.9. The summed E-state index contributed by atoms with van der Waals surface area (Å²) in [6.07, 6.45) is 0.689. The lowest BCUT2D eigenvalue weighted by Crippen LogP contribution is -2.49. The Balaban J connectivity index is 1.75. The monoisotopic (exact) mass is 536 g/mol. The molecule has 186 valence electrons. The fourth-order valence-corrected chi connectivity index (χ4v) is 6.75. The van der Waals surface area contributed by atoms with E-state index in [1.54, 1.807) is 44.2 Å². The number of aliphatic imine (C=N–C) groups is 1. The molecule has 2 aromatic rings. The maximum absolute atomic E-state index is 13.2. The Morgan fingerprint density at radius 1 is 1.29 bits per heavy atom. The van der Waals surface area contributed by atoms with Crippen LogP contribution in [0.2, 0.25) is 5.02 Å². The molecule has 0 spiro atoms. The van der Waals surface area contributed by atoms with Crippen molar-refractivity contribution >= 4 is 44.8 Å². The van der Waals surface area contributed by atoms with Crippen molar-refractivity contribution in [1.29, 1.82) is 5.26 Å². The first-order chi connectivity index (χ1) is 16.6. The third-order valence-corrected chi connectivity index (χ3v) is 9.06. The summed E-state index contributed by atoms with van der Waals surface area (Å²) in [5.74, 6) is 1.56. The van der Waals surface area contributed by atoms with Gasteiger partial charge in [0.05, 0.1) is 11.5 Å². The van der Waals surface area contributed by atoms with E-state index in [-0.39, 0.29) is 10.9 Å². The number of nitrogens with one attached hydrogen (secondary N) is 2. The quantitative estimate of drug-likeness (QED) is 0.233. The van der Waals surface area contributed by atoms with Crippen LogP contribution in [-0.4, -0.2) is 54.7 Å². The van der Waals surface area contributed by atoms with Crippen LogP contribution in [0.15, 0.2) is 52.4 Å². The predicted octanol–water partition coefficient (Wildman–Crippen LogP) is 3.31. The number of aliphatic hydroxyl groups excluding tert-OH is 1. The lowest BCUT2D eigenvalue weighted by atomic mass is 9.87. The second kappa shape index (κ2) is 10.2. The van der Waals surface area contributed by atoms with Gasteiger partial charge in [0.25, 0.3) is 0 Å². The molecule has 0 amide bonds. The molecule has 4 rings (SSSR count). The molecule has 1 saturated heterocycles. The van der Waals surface area contributed by atoms with Crippen LogP contribution < -0.4 is 15.4 Å². The molecule has 0 aromatic heterocycles. The van der Waals surface area contributed by atoms with E-state index in [2.05, 4.69) is 15.6 Å². The summed E-state index contributed by atoms with van der Waals surface area (Å²) in [7, 11) is -3.78. The molecule has 0 saturated carbocycles. The molecule has 35 heavy (non-hydrogen) atoms. The van der Waals surface area contributed by atoms with Crippen molar-refractivity contribution in [2.45, 2.75) is 41.9 Å². The van der Waals surface area contributed by atoms with E-state index >= 15 is 0 Å². The molecule has 1 unspecified atom stereocenters. The lowest BCUT2D eigenvalue weighted by Gasteiger charge is -2.41. The van der Waals surface area contributed by atoms with Crippen molar-refractivity contribution in [2.75, 3.05) is 23.4 Å². The molecule has 3 atom stereocenters. The number of halogens is 1. The molecule has 2 aromatic carbocycles. The Bertz CT molecular complexity index is 1260. The average Bonchev–Trinajstić information content (AvgIpc) is 2.83. The topological polar surface area (TPSA) is 133 Å². The van der Waals surface area contributed by atoms with Crippen LogP contribution in [0.25, 0.3) is 0 Å². The summed E-state index contributed by atoms with van der Waals surface area (Å²) in [4.78, 5) is 4.63. The summed E-state index contributed by atoms with van der Waals surface area (Å²) in [6.45, 7) is 3.79. The van der Waals surface area contributed by atoms with Crippen LogP contribution in [0.4, 0.5) is 5.69 Å². The SMILES string of the molecule is CC1(C)Oc2ccc(S(=O)(=O)C3CSCCO3)cc2[C@@H](N=C(NC#N)Nc2ccc(Cl)cc2)[C@@H]1O. The number of hydrogen-bond acceptors (Lipinski definition) is 8. The van der Waals surface area contributed by atoms with Crippen molar-refractivity contribution in [2.24, 2.45) is 4.99 Å². The first-order valence-electron chi connectivity index (χ1n) is 10.8. The van der Waals surface area contributed by atoms with E-state index in [1.165, 1.54) is 23.9 Å². The van der Waals surface area contributed by atoms with Gasteiger partial charge in [0.2, 0.25) is 15.8 Å². The van der Waals surface area contributed by atoms with Gasteiger partial charge >= 0.3 is 0 Å². The van der Waals surface area contributed by atoms with Gasteiger partial charge in [-0.25, -0.2) is 13.4 Å². The number of ether oxygens (including phenoxy) is 2. The zero-order chi connectivity index (χ0) is 25.2. The van der Waals surface area contributed by atoms with Crippen LogP contribution >= 0.6 is 23.4 Å². The maximum Gasteiger partial charge on any atom is 0.209 e. The zero-order valence-corrected chi connectivity index (χ0v) is 21.5. The highest BCUT2D eigenvalue weighted by Crippen LogP contribution is 2.43. The molecule has 1 fully saturated rings. The summed E-state index contributed by atoms with van der Waals surface area (Å²) in [6, 6.07) is 10.4. The van der Waals surface area contributed by atoms with Gasteiger partial charge in [0, 0.05) is 27.8 Å². The minimum atomic E-state index is -3.78. The number of sulfone groups is 1. The van der Waals surface area contributed by atoms with Gasteiger partial charge in [-0.3, -0.25) is 5.32 Å². The van der Waals surface area contributed by atoms with Gasteiger partial charge in [-0.2, -0.15) is 17.0 Å². The Labute approximate surface area is 213 Å². The highest BCUT2D eigenvalue weighted by atomic mass is 35.5. The largest absolute Gasteiger partial charge is 0.485 e. The van der Waals surface area contributed by atoms with Gasteiger partial charge in [-0.1, -0.05) is 11.6 Å². The van der Waals surface area contributed by atoms with Crippen LogP contribution in [0.1, 0.15) is 25.5 Å². The molecule has 3 N–H and O–H groups in total. The Hall–Kier alpha value is -2.49. The number of hydrogen-bond donors (Lipinski definition) is 3. The number of rotatable bonds is 4. The third-order valence-electron chi connectivity index (χ3n) is 5.69. The molecule has 12 heteroatoms. The van der Waals surface area contributed by atoms with Gasteiger partial charge < -0.3 is 19.9 Å². The minimum Gasteiger partial charge on any atom is -0.485 e.